The SMILES string of the molecule is O=C(c1ccc(F)cc1)c1cccc(C=c2[nH]c(=O)c(=Cc3ncn(CCCn4cccc4)c3C3CC3)[nH]c2=O)c1. The van der Waals surface area contributed by atoms with Crippen LogP contribution in [0.3, 0.4) is 0 Å². The van der Waals surface area contributed by atoms with Crippen LogP contribution < -0.4 is 21.8 Å². The highest BCUT2D eigenvalue weighted by molar-refractivity contribution is 6.09. The first-order valence-electron chi connectivity index (χ1n) is 13.6. The van der Waals surface area contributed by atoms with Crippen molar-refractivity contribution < 1.29 is 9.18 Å². The molecule has 1 aliphatic rings. The average molecular weight is 550 g/mol. The van der Waals surface area contributed by atoms with Gasteiger partial charge >= 0.3 is 0 Å². The summed E-state index contributed by atoms with van der Waals surface area (Å²) in [6, 6.07) is 16.0. The van der Waals surface area contributed by atoms with Crippen molar-refractivity contribution in [1.29, 1.82) is 0 Å². The number of hydrogen-bond acceptors (Lipinski definition) is 4. The summed E-state index contributed by atoms with van der Waals surface area (Å²) in [4.78, 5) is 48.7. The number of ketones is 1. The molecule has 8 nitrogen and oxygen atoms in total. The molecule has 0 radical (unpaired) electrons. The Balaban J connectivity index is 1.27. The molecule has 0 saturated heterocycles. The van der Waals surface area contributed by atoms with E-state index in [-0.39, 0.29) is 16.5 Å². The van der Waals surface area contributed by atoms with Gasteiger partial charge in [-0.1, -0.05) is 18.2 Å². The van der Waals surface area contributed by atoms with Gasteiger partial charge in [0.2, 0.25) is 0 Å². The van der Waals surface area contributed by atoms with Gasteiger partial charge in [0.15, 0.2) is 5.78 Å². The average Bonchev–Trinajstić information content (AvgIpc) is 3.52. The fraction of sp³-hybridized carbons (Fsp3) is 0.188. The van der Waals surface area contributed by atoms with Crippen LogP contribution in [0.15, 0.2) is 89.0 Å². The maximum atomic E-state index is 13.2. The number of carbonyl (C=O) groups is 1. The second-order valence-corrected chi connectivity index (χ2v) is 10.2. The summed E-state index contributed by atoms with van der Waals surface area (Å²) in [5.41, 5.74) is 2.16. The van der Waals surface area contributed by atoms with Crippen LogP contribution in [0.4, 0.5) is 4.39 Å². The summed E-state index contributed by atoms with van der Waals surface area (Å²) in [6.07, 6.45) is 12.2. The fourth-order valence-electron chi connectivity index (χ4n) is 4.98. The summed E-state index contributed by atoms with van der Waals surface area (Å²) in [5.74, 6) is -0.296. The zero-order valence-corrected chi connectivity index (χ0v) is 22.2. The van der Waals surface area contributed by atoms with Gasteiger partial charge in [-0.3, -0.25) is 14.4 Å². The molecule has 1 saturated carbocycles. The highest BCUT2D eigenvalue weighted by Crippen LogP contribution is 2.41. The van der Waals surface area contributed by atoms with E-state index in [1.807, 2.05) is 30.9 Å². The van der Waals surface area contributed by atoms with Gasteiger partial charge in [0.05, 0.1) is 12.0 Å². The number of nitrogens with zero attached hydrogens (tertiary/aromatic N) is 3. The Labute approximate surface area is 234 Å². The molecule has 206 valence electrons. The molecular formula is C32H28FN5O3. The molecule has 0 amide bonds. The molecule has 3 heterocycles. The van der Waals surface area contributed by atoms with Gasteiger partial charge in [0.25, 0.3) is 11.1 Å². The first-order chi connectivity index (χ1) is 19.9. The number of H-pyrrole nitrogens is 2. The fourth-order valence-corrected chi connectivity index (χ4v) is 4.98. The van der Waals surface area contributed by atoms with E-state index in [2.05, 4.69) is 24.1 Å². The Bertz CT molecular complexity index is 1950. The van der Waals surface area contributed by atoms with Gasteiger partial charge in [0, 0.05) is 48.2 Å². The maximum absolute atomic E-state index is 13.2. The Hall–Kier alpha value is -5.05. The first-order valence-corrected chi connectivity index (χ1v) is 13.6. The third-order valence-electron chi connectivity index (χ3n) is 7.19. The lowest BCUT2D eigenvalue weighted by Gasteiger charge is -2.09. The van der Waals surface area contributed by atoms with Crippen LogP contribution in [0.25, 0.3) is 12.2 Å². The summed E-state index contributed by atoms with van der Waals surface area (Å²) in [6.45, 7) is 1.72. The molecule has 1 aliphatic carbocycles. The topological polar surface area (TPSA) is 106 Å². The van der Waals surface area contributed by atoms with E-state index in [1.165, 1.54) is 30.3 Å². The van der Waals surface area contributed by atoms with Crippen molar-refractivity contribution in [3.63, 3.8) is 0 Å². The largest absolute Gasteiger partial charge is 0.354 e. The van der Waals surface area contributed by atoms with Crippen molar-refractivity contribution in [2.45, 2.75) is 38.3 Å². The molecule has 0 aliphatic heterocycles. The van der Waals surface area contributed by atoms with Crippen LogP contribution in [-0.4, -0.2) is 29.9 Å². The molecule has 0 spiro atoms. The minimum Gasteiger partial charge on any atom is -0.354 e. The minimum absolute atomic E-state index is 0.0662. The highest BCUT2D eigenvalue weighted by Gasteiger charge is 2.29. The molecular weight excluding hydrogens is 521 g/mol. The first kappa shape index (κ1) is 26.2. The molecule has 0 unspecified atom stereocenters. The van der Waals surface area contributed by atoms with E-state index in [9.17, 15) is 18.8 Å². The number of aromatic amines is 2. The second-order valence-electron chi connectivity index (χ2n) is 10.2. The molecule has 0 bridgehead atoms. The van der Waals surface area contributed by atoms with Crippen molar-refractivity contribution in [1.82, 2.24) is 24.1 Å². The highest BCUT2D eigenvalue weighted by atomic mass is 19.1. The standard InChI is InChI=1S/C32H28FN5O3/c33-25-11-9-23(10-12-25)30(39)24-6-3-5-21(17-24)18-27-31(40)36-28(32(41)35-27)19-26-29(22-7-8-22)38(20-34-26)16-4-15-37-13-1-2-14-37/h1-3,5-6,9-14,17-20,22H,4,7-8,15-16H2,(H,35,41)(H,36,40). The van der Waals surface area contributed by atoms with Gasteiger partial charge < -0.3 is 19.1 Å². The number of aromatic nitrogens is 5. The molecule has 5 aromatic rings. The maximum Gasteiger partial charge on any atom is 0.272 e. The Kier molecular flexibility index (Phi) is 7.16. The molecule has 0 atom stereocenters. The van der Waals surface area contributed by atoms with Crippen molar-refractivity contribution in [2.24, 2.45) is 0 Å². The van der Waals surface area contributed by atoms with Crippen LogP contribution in [0.1, 0.15) is 58.1 Å². The lowest BCUT2D eigenvalue weighted by Crippen LogP contribution is -2.46. The third kappa shape index (κ3) is 5.94. The quantitative estimate of drug-likeness (QED) is 0.276. The monoisotopic (exact) mass is 549 g/mol. The predicted molar refractivity (Wildman–Crippen MR) is 154 cm³/mol. The van der Waals surface area contributed by atoms with Crippen LogP contribution in [0.5, 0.6) is 0 Å². The number of rotatable bonds is 9. The normalized spacial score (nSPS) is 14.1. The van der Waals surface area contributed by atoms with E-state index in [4.69, 9.17) is 0 Å². The van der Waals surface area contributed by atoms with Crippen LogP contribution >= 0.6 is 0 Å². The number of carbonyl (C=O) groups excluding carboxylic acids is 1. The number of nitrogens with one attached hydrogen (secondary N) is 2. The molecule has 41 heavy (non-hydrogen) atoms. The van der Waals surface area contributed by atoms with Gasteiger partial charge in [0.1, 0.15) is 16.5 Å². The minimum atomic E-state index is -0.467. The van der Waals surface area contributed by atoms with Gasteiger partial charge in [-0.05, 0) is 79.4 Å². The van der Waals surface area contributed by atoms with Crippen LogP contribution in [0.2, 0.25) is 0 Å². The molecule has 9 heteroatoms. The predicted octanol–water partition coefficient (Wildman–Crippen LogP) is 3.06. The molecule has 6 rings (SSSR count). The van der Waals surface area contributed by atoms with Crippen molar-refractivity contribution >= 4 is 17.9 Å². The van der Waals surface area contributed by atoms with E-state index in [1.54, 1.807) is 30.3 Å². The van der Waals surface area contributed by atoms with Crippen LogP contribution in [0, 0.1) is 5.82 Å². The molecule has 3 aromatic heterocycles. The molecule has 1 fully saturated rings. The summed E-state index contributed by atoms with van der Waals surface area (Å²) >= 11 is 0. The number of imidazole rings is 1. The Morgan fingerprint density at radius 3 is 2.32 bits per heavy atom. The number of halogens is 1. The lowest BCUT2D eigenvalue weighted by molar-refractivity contribution is 0.103. The van der Waals surface area contributed by atoms with Crippen molar-refractivity contribution in [3.05, 3.63) is 145 Å². The smallest absolute Gasteiger partial charge is 0.272 e. The zero-order valence-electron chi connectivity index (χ0n) is 22.2. The third-order valence-corrected chi connectivity index (χ3v) is 7.19. The Morgan fingerprint density at radius 2 is 1.61 bits per heavy atom. The van der Waals surface area contributed by atoms with Crippen molar-refractivity contribution in [2.75, 3.05) is 0 Å². The Morgan fingerprint density at radius 1 is 0.902 bits per heavy atom. The van der Waals surface area contributed by atoms with E-state index < -0.39 is 16.9 Å². The molecule has 2 aromatic carbocycles. The van der Waals surface area contributed by atoms with Crippen molar-refractivity contribution in [3.8, 4) is 0 Å². The number of aryl methyl sites for hydroxylation is 2. The zero-order chi connectivity index (χ0) is 28.3. The number of benzene rings is 2. The molecule has 2 N–H and O–H groups in total. The summed E-state index contributed by atoms with van der Waals surface area (Å²) in [5, 5.41) is 0.198. The van der Waals surface area contributed by atoms with Crippen LogP contribution in [-0.2, 0) is 13.1 Å². The van der Waals surface area contributed by atoms with E-state index >= 15 is 0 Å². The second kappa shape index (κ2) is 11.2. The van der Waals surface area contributed by atoms with E-state index in [0.29, 0.717) is 28.3 Å². The van der Waals surface area contributed by atoms with Gasteiger partial charge in [-0.2, -0.15) is 0 Å². The summed E-state index contributed by atoms with van der Waals surface area (Å²) < 4.78 is 17.5. The summed E-state index contributed by atoms with van der Waals surface area (Å²) in [7, 11) is 0. The van der Waals surface area contributed by atoms with E-state index in [0.717, 1.165) is 38.0 Å². The lowest BCUT2D eigenvalue weighted by atomic mass is 10.0. The number of hydrogen-bond donors (Lipinski definition) is 2. The van der Waals surface area contributed by atoms with Gasteiger partial charge in [-0.15, -0.1) is 0 Å². The van der Waals surface area contributed by atoms with Gasteiger partial charge in [-0.25, -0.2) is 9.37 Å².